The van der Waals surface area contributed by atoms with Crippen molar-refractivity contribution >= 4 is 23.3 Å². The number of anilines is 1. The maximum Gasteiger partial charge on any atom is 0.325 e. The minimum Gasteiger partial charge on any atom is -0.476 e. The van der Waals surface area contributed by atoms with Crippen LogP contribution in [0, 0.1) is 0 Å². The first-order valence-electron chi connectivity index (χ1n) is 7.55. The Morgan fingerprint density at radius 2 is 2.00 bits per heavy atom. The molecule has 124 valence electrons. The number of benzene rings is 1. The Bertz CT molecular complexity index is 650. The van der Waals surface area contributed by atoms with E-state index in [1.54, 1.807) is 32.0 Å². The van der Waals surface area contributed by atoms with Gasteiger partial charge in [-0.15, -0.1) is 0 Å². The Hall–Kier alpha value is -2.37. The molecule has 0 aliphatic carbocycles. The Labute approximate surface area is 135 Å². The normalized spacial score (nSPS) is 15.7. The first kappa shape index (κ1) is 17.0. The summed E-state index contributed by atoms with van der Waals surface area (Å²) in [6.07, 6.45) is 1.17. The summed E-state index contributed by atoms with van der Waals surface area (Å²) in [6.45, 7) is 4.98. The molecule has 0 N–H and O–H groups in total. The van der Waals surface area contributed by atoms with Crippen LogP contribution in [0.3, 0.4) is 0 Å². The lowest BCUT2D eigenvalue weighted by atomic mass is 10.0. The van der Waals surface area contributed by atoms with Crippen molar-refractivity contribution in [3.05, 3.63) is 23.8 Å². The van der Waals surface area contributed by atoms with Gasteiger partial charge in [-0.3, -0.25) is 19.3 Å². The third-order valence-electron chi connectivity index (χ3n) is 3.69. The van der Waals surface area contributed by atoms with Gasteiger partial charge in [0.2, 0.25) is 0 Å². The molecule has 0 aromatic heterocycles. The van der Waals surface area contributed by atoms with Gasteiger partial charge >= 0.3 is 5.97 Å². The van der Waals surface area contributed by atoms with Crippen LogP contribution in [0.5, 0.6) is 5.75 Å². The largest absolute Gasteiger partial charge is 0.476 e. The Kier molecular flexibility index (Phi) is 4.73. The highest BCUT2D eigenvalue weighted by Crippen LogP contribution is 2.38. The third kappa shape index (κ3) is 3.36. The summed E-state index contributed by atoms with van der Waals surface area (Å²) in [6, 6.07) is 4.94. The minimum atomic E-state index is -1.09. The molecule has 0 saturated heterocycles. The predicted octanol–water partition coefficient (Wildman–Crippen LogP) is 2.35. The summed E-state index contributed by atoms with van der Waals surface area (Å²) in [5, 5.41) is 0. The Morgan fingerprint density at radius 1 is 1.30 bits per heavy atom. The molecular weight excluding hydrogens is 298 g/mol. The zero-order valence-corrected chi connectivity index (χ0v) is 13.8. The lowest BCUT2D eigenvalue weighted by molar-refractivity contribution is -0.142. The van der Waals surface area contributed by atoms with Crippen molar-refractivity contribution < 1.29 is 23.9 Å². The van der Waals surface area contributed by atoms with E-state index in [2.05, 4.69) is 4.74 Å². The van der Waals surface area contributed by atoms with Crippen LogP contribution in [-0.4, -0.2) is 36.9 Å². The van der Waals surface area contributed by atoms with E-state index in [9.17, 15) is 14.4 Å². The number of hydrogen-bond acceptors (Lipinski definition) is 5. The van der Waals surface area contributed by atoms with Crippen molar-refractivity contribution in [2.45, 2.75) is 39.2 Å². The molecule has 0 unspecified atom stereocenters. The first-order chi connectivity index (χ1) is 10.8. The molecule has 6 heteroatoms. The summed E-state index contributed by atoms with van der Waals surface area (Å²) in [5.74, 6) is -0.431. The summed E-state index contributed by atoms with van der Waals surface area (Å²) >= 11 is 0. The lowest BCUT2D eigenvalue weighted by Crippen LogP contribution is -2.54. The zero-order valence-electron chi connectivity index (χ0n) is 13.8. The van der Waals surface area contributed by atoms with Gasteiger partial charge < -0.3 is 9.47 Å². The van der Waals surface area contributed by atoms with Gasteiger partial charge in [0.15, 0.2) is 11.4 Å². The quantitative estimate of drug-likeness (QED) is 0.615. The average Bonchev–Trinajstić information content (AvgIpc) is 2.51. The van der Waals surface area contributed by atoms with E-state index in [1.807, 2.05) is 6.92 Å². The van der Waals surface area contributed by atoms with Crippen LogP contribution >= 0.6 is 0 Å². The molecule has 0 bridgehead atoms. The number of nitrogens with zero attached hydrogens (tertiary/aromatic N) is 1. The monoisotopic (exact) mass is 319 g/mol. The van der Waals surface area contributed by atoms with E-state index >= 15 is 0 Å². The van der Waals surface area contributed by atoms with Crippen molar-refractivity contribution in [1.82, 2.24) is 0 Å². The smallest absolute Gasteiger partial charge is 0.325 e. The van der Waals surface area contributed by atoms with Gasteiger partial charge in [0, 0.05) is 12.0 Å². The second kappa shape index (κ2) is 6.40. The summed E-state index contributed by atoms with van der Waals surface area (Å²) in [4.78, 5) is 37.6. The van der Waals surface area contributed by atoms with Gasteiger partial charge in [0.25, 0.3) is 5.91 Å². The van der Waals surface area contributed by atoms with Crippen LogP contribution in [0.15, 0.2) is 18.2 Å². The lowest BCUT2D eigenvalue weighted by Gasteiger charge is -2.38. The molecule has 6 nitrogen and oxygen atoms in total. The summed E-state index contributed by atoms with van der Waals surface area (Å²) in [7, 11) is 1.26. The number of ketones is 1. The van der Waals surface area contributed by atoms with Gasteiger partial charge in [-0.2, -0.15) is 0 Å². The molecule has 2 rings (SSSR count). The van der Waals surface area contributed by atoms with E-state index in [-0.39, 0.29) is 18.2 Å². The van der Waals surface area contributed by atoms with Crippen LogP contribution in [-0.2, 0) is 14.3 Å². The number of carbonyl (C=O) groups is 3. The number of rotatable bonds is 5. The number of ether oxygens (including phenoxy) is 2. The van der Waals surface area contributed by atoms with E-state index in [4.69, 9.17) is 4.74 Å². The Morgan fingerprint density at radius 3 is 2.61 bits per heavy atom. The zero-order chi connectivity index (χ0) is 17.2. The van der Waals surface area contributed by atoms with Gasteiger partial charge in [0.1, 0.15) is 12.3 Å². The molecule has 1 aromatic carbocycles. The van der Waals surface area contributed by atoms with Crippen LogP contribution < -0.4 is 9.64 Å². The molecule has 0 fully saturated rings. The Balaban J connectivity index is 2.46. The number of esters is 1. The highest BCUT2D eigenvalue weighted by Gasteiger charge is 2.42. The molecule has 1 aromatic rings. The molecule has 0 atom stereocenters. The number of amides is 1. The van der Waals surface area contributed by atoms with Crippen molar-refractivity contribution in [1.29, 1.82) is 0 Å². The van der Waals surface area contributed by atoms with Crippen molar-refractivity contribution in [2.24, 2.45) is 0 Å². The maximum absolute atomic E-state index is 12.6. The van der Waals surface area contributed by atoms with E-state index < -0.39 is 11.6 Å². The van der Waals surface area contributed by atoms with Crippen LogP contribution in [0.1, 0.15) is 44.0 Å². The topological polar surface area (TPSA) is 72.9 Å². The van der Waals surface area contributed by atoms with Gasteiger partial charge in [-0.05, 0) is 38.5 Å². The molecule has 1 amide bonds. The fraction of sp³-hybridized carbons (Fsp3) is 0.471. The molecule has 23 heavy (non-hydrogen) atoms. The predicted molar refractivity (Wildman–Crippen MR) is 84.8 cm³/mol. The van der Waals surface area contributed by atoms with Crippen molar-refractivity contribution in [3.8, 4) is 5.75 Å². The molecule has 0 spiro atoms. The minimum absolute atomic E-state index is 0.00870. The van der Waals surface area contributed by atoms with Crippen LogP contribution in [0.4, 0.5) is 5.69 Å². The van der Waals surface area contributed by atoms with Gasteiger partial charge in [-0.25, -0.2) is 0 Å². The number of Topliss-reactive ketones (excluding diaryl/α,β-unsaturated/α-hetero) is 1. The second-order valence-electron chi connectivity index (χ2n) is 5.94. The van der Waals surface area contributed by atoms with Crippen LogP contribution in [0.2, 0.25) is 0 Å². The molecular formula is C17H21NO5. The number of hydrogen-bond donors (Lipinski definition) is 0. The second-order valence-corrected chi connectivity index (χ2v) is 5.94. The van der Waals surface area contributed by atoms with Crippen LogP contribution in [0.25, 0.3) is 0 Å². The van der Waals surface area contributed by atoms with E-state index in [1.165, 1.54) is 12.0 Å². The SMILES string of the molecule is CCCC(=O)c1ccc2c(c1)N(CC(=O)OC)C(=O)C(C)(C)O2. The summed E-state index contributed by atoms with van der Waals surface area (Å²) < 4.78 is 10.4. The van der Waals surface area contributed by atoms with Gasteiger partial charge in [-0.1, -0.05) is 6.92 Å². The first-order valence-corrected chi connectivity index (χ1v) is 7.55. The molecule has 0 saturated carbocycles. The van der Waals surface area contributed by atoms with E-state index in [0.29, 0.717) is 23.4 Å². The summed E-state index contributed by atoms with van der Waals surface area (Å²) in [5.41, 5.74) is -0.172. The van der Waals surface area contributed by atoms with Crippen molar-refractivity contribution in [3.63, 3.8) is 0 Å². The van der Waals surface area contributed by atoms with E-state index in [0.717, 1.165) is 6.42 Å². The fourth-order valence-electron chi connectivity index (χ4n) is 2.46. The van der Waals surface area contributed by atoms with Gasteiger partial charge in [0.05, 0.1) is 12.8 Å². The highest BCUT2D eigenvalue weighted by molar-refractivity contribution is 6.06. The standard InChI is InChI=1S/C17H21NO5/c1-5-6-13(19)11-7-8-14-12(9-11)18(10-15(20)22-4)16(21)17(2,3)23-14/h7-9H,5-6,10H2,1-4H3. The highest BCUT2D eigenvalue weighted by atomic mass is 16.5. The number of carbonyl (C=O) groups excluding carboxylic acids is 3. The maximum atomic E-state index is 12.6. The fourth-order valence-corrected chi connectivity index (χ4v) is 2.46. The number of methoxy groups -OCH3 is 1. The van der Waals surface area contributed by atoms with Crippen molar-refractivity contribution in [2.75, 3.05) is 18.6 Å². The molecule has 0 radical (unpaired) electrons. The average molecular weight is 319 g/mol. The molecule has 1 heterocycles. The third-order valence-corrected chi connectivity index (χ3v) is 3.69. The number of fused-ring (bicyclic) bond motifs is 1. The molecule has 1 aliphatic rings. The molecule has 1 aliphatic heterocycles.